The summed E-state index contributed by atoms with van der Waals surface area (Å²) in [5, 5.41) is 9.56. The first kappa shape index (κ1) is 17.9. The fourth-order valence-corrected chi connectivity index (χ4v) is 4.23. The van der Waals surface area contributed by atoms with E-state index in [9.17, 15) is 5.11 Å². The first-order valence-electron chi connectivity index (χ1n) is 9.97. The zero-order chi connectivity index (χ0) is 17.8. The van der Waals surface area contributed by atoms with Gasteiger partial charge in [-0.2, -0.15) is 0 Å². The number of ether oxygens (including phenoxy) is 2. The second-order valence-electron chi connectivity index (χ2n) is 7.66. The lowest BCUT2D eigenvalue weighted by Gasteiger charge is -2.33. The van der Waals surface area contributed by atoms with Crippen LogP contribution in [0.15, 0.2) is 12.4 Å². The first-order valence-corrected chi connectivity index (χ1v) is 9.97. The average Bonchev–Trinajstić information content (AvgIpc) is 3.38. The summed E-state index contributed by atoms with van der Waals surface area (Å²) in [6.07, 6.45) is 7.36. The Morgan fingerprint density at radius 1 is 1.12 bits per heavy atom. The Bertz CT molecular complexity index is 574. The van der Waals surface area contributed by atoms with Gasteiger partial charge in [0, 0.05) is 38.2 Å². The molecule has 0 saturated carbocycles. The summed E-state index contributed by atoms with van der Waals surface area (Å²) < 4.78 is 11.5. The van der Waals surface area contributed by atoms with Gasteiger partial charge in [-0.05, 0) is 32.1 Å². The number of aliphatic hydroxyl groups is 1. The second-order valence-corrected chi connectivity index (χ2v) is 7.66. The molecule has 4 heterocycles. The highest BCUT2D eigenvalue weighted by molar-refractivity contribution is 5.51. The highest BCUT2D eigenvalue weighted by atomic mass is 16.5. The lowest BCUT2D eigenvalue weighted by molar-refractivity contribution is 0.0131. The van der Waals surface area contributed by atoms with Gasteiger partial charge in [0.15, 0.2) is 0 Å². The number of piperidine rings is 1. The van der Waals surface area contributed by atoms with Crippen molar-refractivity contribution in [2.45, 2.75) is 44.2 Å². The quantitative estimate of drug-likeness (QED) is 0.821. The van der Waals surface area contributed by atoms with Crippen molar-refractivity contribution < 1.29 is 14.6 Å². The van der Waals surface area contributed by atoms with Gasteiger partial charge in [-0.15, -0.1) is 0 Å². The summed E-state index contributed by atoms with van der Waals surface area (Å²) in [5.41, 5.74) is 0. The van der Waals surface area contributed by atoms with Crippen LogP contribution in [-0.4, -0.2) is 73.3 Å². The van der Waals surface area contributed by atoms with Gasteiger partial charge in [0.25, 0.3) is 0 Å². The summed E-state index contributed by atoms with van der Waals surface area (Å²) >= 11 is 0. The van der Waals surface area contributed by atoms with E-state index in [1.807, 2.05) is 0 Å². The van der Waals surface area contributed by atoms with Crippen LogP contribution in [0.25, 0.3) is 0 Å². The molecule has 0 radical (unpaired) electrons. The topological polar surface area (TPSA) is 71.0 Å². The number of anilines is 2. The van der Waals surface area contributed by atoms with Gasteiger partial charge >= 0.3 is 0 Å². The van der Waals surface area contributed by atoms with Gasteiger partial charge in [0.1, 0.15) is 18.0 Å². The number of aromatic nitrogens is 2. The molecule has 0 aromatic carbocycles. The molecule has 144 valence electrons. The molecule has 1 N–H and O–H groups in total. The molecule has 3 fully saturated rings. The minimum Gasteiger partial charge on any atom is -0.394 e. The summed E-state index contributed by atoms with van der Waals surface area (Å²) in [5.74, 6) is 2.50. The molecule has 1 aromatic rings. The Morgan fingerprint density at radius 2 is 1.96 bits per heavy atom. The van der Waals surface area contributed by atoms with Crippen LogP contribution in [0.4, 0.5) is 11.6 Å². The molecule has 0 bridgehead atoms. The molecule has 1 aromatic heterocycles. The highest BCUT2D eigenvalue weighted by Crippen LogP contribution is 2.27. The Labute approximate surface area is 155 Å². The average molecular weight is 362 g/mol. The summed E-state index contributed by atoms with van der Waals surface area (Å²) in [6, 6.07) is 2.27. The van der Waals surface area contributed by atoms with Gasteiger partial charge in [-0.3, -0.25) is 0 Å². The van der Waals surface area contributed by atoms with Gasteiger partial charge in [0.05, 0.1) is 32.0 Å². The molecule has 3 aliphatic rings. The van der Waals surface area contributed by atoms with E-state index >= 15 is 0 Å². The van der Waals surface area contributed by atoms with Gasteiger partial charge < -0.3 is 24.4 Å². The lowest BCUT2D eigenvalue weighted by atomic mass is 10.1. The van der Waals surface area contributed by atoms with Crippen molar-refractivity contribution in [2.75, 3.05) is 55.9 Å². The molecule has 0 amide bonds. The minimum atomic E-state index is 0.189. The smallest absolute Gasteiger partial charge is 0.134 e. The number of nitrogens with zero attached hydrogens (tertiary/aromatic N) is 4. The van der Waals surface area contributed by atoms with E-state index in [1.54, 1.807) is 6.33 Å². The number of hydrogen-bond acceptors (Lipinski definition) is 7. The summed E-state index contributed by atoms with van der Waals surface area (Å²) in [4.78, 5) is 13.5. The molecule has 0 spiro atoms. The minimum absolute atomic E-state index is 0.189. The molecule has 7 heteroatoms. The third-order valence-corrected chi connectivity index (χ3v) is 5.88. The monoisotopic (exact) mass is 362 g/mol. The number of rotatable bonds is 6. The SMILES string of the molecule is OCC1CCCN1c1cc(N2CCC(OCC3CCOC3)CC2)ncn1. The first-order chi connectivity index (χ1) is 12.8. The fourth-order valence-electron chi connectivity index (χ4n) is 4.23. The Hall–Kier alpha value is -1.44. The van der Waals surface area contributed by atoms with Gasteiger partial charge in [-0.1, -0.05) is 0 Å². The standard InChI is InChI=1S/C19H30N4O3/c24-11-16-2-1-6-23(16)19-10-18(20-14-21-19)22-7-3-17(4-8-22)26-13-15-5-9-25-12-15/h10,14-17,24H,1-9,11-13H2. The van der Waals surface area contributed by atoms with E-state index in [4.69, 9.17) is 9.47 Å². The Kier molecular flexibility index (Phi) is 5.87. The maximum Gasteiger partial charge on any atom is 0.134 e. The highest BCUT2D eigenvalue weighted by Gasteiger charge is 2.27. The van der Waals surface area contributed by atoms with Crippen molar-refractivity contribution in [2.24, 2.45) is 5.92 Å². The predicted octanol–water partition coefficient (Wildman–Crippen LogP) is 1.46. The van der Waals surface area contributed by atoms with Crippen molar-refractivity contribution in [3.63, 3.8) is 0 Å². The van der Waals surface area contributed by atoms with Crippen LogP contribution in [0.5, 0.6) is 0 Å². The van der Waals surface area contributed by atoms with E-state index < -0.39 is 0 Å². The Balaban J connectivity index is 1.30. The number of hydrogen-bond donors (Lipinski definition) is 1. The van der Waals surface area contributed by atoms with E-state index in [-0.39, 0.29) is 12.6 Å². The third kappa shape index (κ3) is 4.10. The second kappa shape index (κ2) is 8.50. The van der Waals surface area contributed by atoms with Gasteiger partial charge in [-0.25, -0.2) is 9.97 Å². The summed E-state index contributed by atoms with van der Waals surface area (Å²) in [6.45, 7) is 5.65. The van der Waals surface area contributed by atoms with Crippen LogP contribution in [0, 0.1) is 5.92 Å². The van der Waals surface area contributed by atoms with Crippen LogP contribution in [-0.2, 0) is 9.47 Å². The van der Waals surface area contributed by atoms with E-state index in [0.29, 0.717) is 12.0 Å². The maximum atomic E-state index is 9.56. The van der Waals surface area contributed by atoms with Crippen LogP contribution < -0.4 is 9.80 Å². The zero-order valence-electron chi connectivity index (χ0n) is 15.4. The Morgan fingerprint density at radius 3 is 2.73 bits per heavy atom. The molecule has 26 heavy (non-hydrogen) atoms. The third-order valence-electron chi connectivity index (χ3n) is 5.88. The van der Waals surface area contributed by atoms with Crippen molar-refractivity contribution in [3.05, 3.63) is 12.4 Å². The molecule has 4 rings (SSSR count). The van der Waals surface area contributed by atoms with Crippen LogP contribution in [0.3, 0.4) is 0 Å². The predicted molar refractivity (Wildman–Crippen MR) is 99.6 cm³/mol. The fraction of sp³-hybridized carbons (Fsp3) is 0.789. The van der Waals surface area contributed by atoms with E-state index in [1.165, 1.54) is 0 Å². The van der Waals surface area contributed by atoms with Gasteiger partial charge in [0.2, 0.25) is 0 Å². The largest absolute Gasteiger partial charge is 0.394 e. The molecule has 2 unspecified atom stereocenters. The van der Waals surface area contributed by atoms with Crippen LogP contribution in [0.1, 0.15) is 32.1 Å². The molecule has 7 nitrogen and oxygen atoms in total. The van der Waals surface area contributed by atoms with Crippen molar-refractivity contribution >= 4 is 11.6 Å². The molecular formula is C19H30N4O3. The summed E-state index contributed by atoms with van der Waals surface area (Å²) in [7, 11) is 0. The van der Waals surface area contributed by atoms with Crippen LogP contribution >= 0.6 is 0 Å². The normalized spacial score (nSPS) is 27.4. The molecular weight excluding hydrogens is 332 g/mol. The molecule has 0 aliphatic carbocycles. The molecule has 3 aliphatic heterocycles. The zero-order valence-corrected chi connectivity index (χ0v) is 15.4. The lowest BCUT2D eigenvalue weighted by Crippen LogP contribution is -2.38. The van der Waals surface area contributed by atoms with Crippen LogP contribution in [0.2, 0.25) is 0 Å². The van der Waals surface area contributed by atoms with Crippen molar-refractivity contribution in [3.8, 4) is 0 Å². The van der Waals surface area contributed by atoms with Crippen molar-refractivity contribution in [1.82, 2.24) is 9.97 Å². The molecule has 2 atom stereocenters. The maximum absolute atomic E-state index is 9.56. The number of aliphatic hydroxyl groups excluding tert-OH is 1. The van der Waals surface area contributed by atoms with Crippen molar-refractivity contribution in [1.29, 1.82) is 0 Å². The van der Waals surface area contributed by atoms with E-state index in [0.717, 1.165) is 83.2 Å². The van der Waals surface area contributed by atoms with E-state index in [2.05, 4.69) is 25.8 Å². The molecule has 3 saturated heterocycles.